The van der Waals surface area contributed by atoms with Crippen LogP contribution in [0.1, 0.15) is 36.2 Å². The fraction of sp³-hybridized carbons (Fsp3) is 0.231. The normalized spacial score (nSPS) is 16.1. The summed E-state index contributed by atoms with van der Waals surface area (Å²) in [5.41, 5.74) is 4.84. The van der Waals surface area contributed by atoms with E-state index in [-0.39, 0.29) is 12.5 Å². The summed E-state index contributed by atoms with van der Waals surface area (Å²) in [5.74, 6) is 1.30. The summed E-state index contributed by atoms with van der Waals surface area (Å²) in [6, 6.07) is 11.7. The van der Waals surface area contributed by atoms with Crippen molar-refractivity contribution in [2.45, 2.75) is 26.6 Å². The van der Waals surface area contributed by atoms with E-state index in [1.54, 1.807) is 19.4 Å². The highest BCUT2D eigenvalue weighted by Crippen LogP contribution is 2.40. The number of nitrogens with one attached hydrogen (secondary N) is 1. The van der Waals surface area contributed by atoms with Gasteiger partial charge in [0.25, 0.3) is 0 Å². The van der Waals surface area contributed by atoms with E-state index in [4.69, 9.17) is 9.47 Å². The smallest absolute Gasteiger partial charge is 0.417 e. The Kier molecular flexibility index (Phi) is 6.58. The summed E-state index contributed by atoms with van der Waals surface area (Å²) in [6.07, 6.45) is 1.94. The average Bonchev–Trinajstić information content (AvgIpc) is 2.84. The number of pyridine rings is 2. The molecular formula is C26H24F3N3O2. The molecule has 0 aliphatic carbocycles. The molecule has 1 aliphatic rings. The van der Waals surface area contributed by atoms with E-state index in [0.717, 1.165) is 34.7 Å². The van der Waals surface area contributed by atoms with Crippen LogP contribution in [0.2, 0.25) is 0 Å². The van der Waals surface area contributed by atoms with Crippen LogP contribution in [0.4, 0.5) is 13.2 Å². The summed E-state index contributed by atoms with van der Waals surface area (Å²) in [6.45, 7) is 4.27. The Bertz CT molecular complexity index is 1220. The van der Waals surface area contributed by atoms with Crippen LogP contribution in [0, 0.1) is 5.92 Å². The van der Waals surface area contributed by atoms with Gasteiger partial charge in [-0.1, -0.05) is 6.92 Å². The van der Waals surface area contributed by atoms with Crippen molar-refractivity contribution in [3.8, 4) is 11.5 Å². The summed E-state index contributed by atoms with van der Waals surface area (Å²) in [7, 11) is 1.59. The number of halogens is 3. The number of dihydropyridines is 1. The monoisotopic (exact) mass is 467 g/mol. The number of alkyl halides is 3. The zero-order chi connectivity index (χ0) is 24.3. The fourth-order valence-corrected chi connectivity index (χ4v) is 3.81. The number of aromatic nitrogens is 2. The second-order valence-electron chi connectivity index (χ2n) is 7.95. The second kappa shape index (κ2) is 9.59. The lowest BCUT2D eigenvalue weighted by atomic mass is 9.84. The maximum Gasteiger partial charge on any atom is 0.417 e. The molecule has 0 bridgehead atoms. The third kappa shape index (κ3) is 4.90. The molecule has 3 heterocycles. The largest absolute Gasteiger partial charge is 0.496 e. The van der Waals surface area contributed by atoms with Crippen molar-refractivity contribution >= 4 is 11.3 Å². The molecule has 1 aliphatic heterocycles. The Morgan fingerprint density at radius 3 is 2.56 bits per heavy atom. The average molecular weight is 467 g/mol. The lowest BCUT2D eigenvalue weighted by molar-refractivity contribution is -0.137. The van der Waals surface area contributed by atoms with E-state index in [1.165, 1.54) is 11.6 Å². The van der Waals surface area contributed by atoms with Gasteiger partial charge in [0.2, 0.25) is 0 Å². The molecule has 0 unspecified atom stereocenters. The molecular weight excluding hydrogens is 443 g/mol. The highest BCUT2D eigenvalue weighted by atomic mass is 19.4. The van der Waals surface area contributed by atoms with Crippen LogP contribution in [0.15, 0.2) is 72.8 Å². The van der Waals surface area contributed by atoms with E-state index < -0.39 is 11.7 Å². The van der Waals surface area contributed by atoms with Crippen LogP contribution in [0.25, 0.3) is 11.3 Å². The van der Waals surface area contributed by atoms with Gasteiger partial charge in [0, 0.05) is 53.6 Å². The minimum atomic E-state index is -4.42. The van der Waals surface area contributed by atoms with E-state index >= 15 is 0 Å². The van der Waals surface area contributed by atoms with Crippen molar-refractivity contribution in [3.63, 3.8) is 0 Å². The maximum atomic E-state index is 12.7. The van der Waals surface area contributed by atoms with Gasteiger partial charge in [-0.05, 0) is 54.5 Å². The molecule has 34 heavy (non-hydrogen) atoms. The van der Waals surface area contributed by atoms with Crippen LogP contribution in [0.5, 0.6) is 11.5 Å². The molecule has 0 saturated heterocycles. The Morgan fingerprint density at radius 2 is 1.91 bits per heavy atom. The predicted molar refractivity (Wildman–Crippen MR) is 124 cm³/mol. The van der Waals surface area contributed by atoms with Gasteiger partial charge in [0.15, 0.2) is 0 Å². The van der Waals surface area contributed by atoms with E-state index in [9.17, 15) is 13.2 Å². The molecule has 0 amide bonds. The summed E-state index contributed by atoms with van der Waals surface area (Å²) < 4.78 is 49.5. The number of allylic oxidation sites excluding steroid dienone is 2. The van der Waals surface area contributed by atoms with Crippen LogP contribution < -0.4 is 14.8 Å². The molecule has 176 valence electrons. The first kappa shape index (κ1) is 23.4. The predicted octanol–water partition coefficient (Wildman–Crippen LogP) is 6.09. The molecule has 1 aromatic carbocycles. The van der Waals surface area contributed by atoms with Gasteiger partial charge in [-0.25, -0.2) is 0 Å². The third-order valence-electron chi connectivity index (χ3n) is 5.86. The molecule has 0 fully saturated rings. The van der Waals surface area contributed by atoms with Crippen molar-refractivity contribution in [1.82, 2.24) is 15.3 Å². The molecule has 0 saturated carbocycles. The molecule has 1 atom stereocenters. The summed E-state index contributed by atoms with van der Waals surface area (Å²) in [5, 5.41) is 3.39. The van der Waals surface area contributed by atoms with Crippen LogP contribution in [-0.4, -0.2) is 17.1 Å². The lowest BCUT2D eigenvalue weighted by Gasteiger charge is -2.27. The minimum Gasteiger partial charge on any atom is -0.496 e. The van der Waals surface area contributed by atoms with Crippen molar-refractivity contribution < 1.29 is 22.6 Å². The van der Waals surface area contributed by atoms with E-state index in [2.05, 4.69) is 29.1 Å². The summed E-state index contributed by atoms with van der Waals surface area (Å²) in [4.78, 5) is 8.05. The first-order valence-electron chi connectivity index (χ1n) is 10.7. The molecule has 8 heteroatoms. The minimum absolute atomic E-state index is 0.0393. The molecule has 2 aromatic heterocycles. The van der Waals surface area contributed by atoms with Crippen LogP contribution in [-0.2, 0) is 12.8 Å². The van der Waals surface area contributed by atoms with Gasteiger partial charge in [0.05, 0.1) is 18.4 Å². The van der Waals surface area contributed by atoms with Gasteiger partial charge >= 0.3 is 6.18 Å². The van der Waals surface area contributed by atoms with E-state index in [1.807, 2.05) is 36.7 Å². The third-order valence-corrected chi connectivity index (χ3v) is 5.86. The number of rotatable bonds is 6. The number of hydrogen-bond donors (Lipinski definition) is 1. The first-order chi connectivity index (χ1) is 16.3. The lowest BCUT2D eigenvalue weighted by Crippen LogP contribution is -2.18. The van der Waals surface area contributed by atoms with Gasteiger partial charge in [-0.2, -0.15) is 13.2 Å². The second-order valence-corrected chi connectivity index (χ2v) is 7.95. The highest BCUT2D eigenvalue weighted by Gasteiger charge is 2.30. The van der Waals surface area contributed by atoms with Gasteiger partial charge in [-0.3, -0.25) is 9.97 Å². The number of hydrogen-bond acceptors (Lipinski definition) is 5. The van der Waals surface area contributed by atoms with Crippen molar-refractivity contribution in [2.24, 2.45) is 5.92 Å². The Hall–Kier alpha value is -3.81. The SMILES string of the molecule is COc1cc(OCc2ccc(C(F)(F)F)cn2)ccc1C1=CNC(c2cccnc2)=C(C)[C@H]1C. The van der Waals surface area contributed by atoms with Gasteiger partial charge in [-0.15, -0.1) is 0 Å². The molecule has 0 radical (unpaired) electrons. The number of ether oxygens (including phenoxy) is 2. The van der Waals surface area contributed by atoms with Crippen molar-refractivity contribution in [3.05, 3.63) is 95.2 Å². The molecule has 3 aromatic rings. The van der Waals surface area contributed by atoms with Crippen molar-refractivity contribution in [1.29, 1.82) is 0 Å². The molecule has 0 spiro atoms. The summed E-state index contributed by atoms with van der Waals surface area (Å²) >= 11 is 0. The first-order valence-corrected chi connectivity index (χ1v) is 10.7. The van der Waals surface area contributed by atoms with Gasteiger partial charge in [0.1, 0.15) is 18.1 Å². The van der Waals surface area contributed by atoms with Crippen LogP contribution in [0.3, 0.4) is 0 Å². The highest BCUT2D eigenvalue weighted by molar-refractivity contribution is 5.82. The van der Waals surface area contributed by atoms with Crippen molar-refractivity contribution in [2.75, 3.05) is 7.11 Å². The Morgan fingerprint density at radius 1 is 1.09 bits per heavy atom. The Labute approximate surface area is 196 Å². The maximum absolute atomic E-state index is 12.7. The number of methoxy groups -OCH3 is 1. The Balaban J connectivity index is 1.50. The molecule has 1 N–H and O–H groups in total. The quantitative estimate of drug-likeness (QED) is 0.475. The number of benzene rings is 1. The number of nitrogens with zero attached hydrogens (tertiary/aromatic N) is 2. The zero-order valence-corrected chi connectivity index (χ0v) is 19.0. The topological polar surface area (TPSA) is 56.3 Å². The van der Waals surface area contributed by atoms with Crippen LogP contribution >= 0.6 is 0 Å². The molecule has 5 nitrogen and oxygen atoms in total. The van der Waals surface area contributed by atoms with E-state index in [0.29, 0.717) is 17.2 Å². The fourth-order valence-electron chi connectivity index (χ4n) is 3.81. The van der Waals surface area contributed by atoms with Gasteiger partial charge < -0.3 is 14.8 Å². The standard InChI is InChI=1S/C26H24F3N3O2/c1-16-17(2)25(18-5-4-10-30-12-18)32-14-23(16)22-9-8-21(11-24(22)33-3)34-15-20-7-6-19(13-31-20)26(27,28)29/h4-14,16,32H,15H2,1-3H3/t16-/m1/s1. The zero-order valence-electron chi connectivity index (χ0n) is 19.0. The molecule has 4 rings (SSSR count).